The van der Waals surface area contributed by atoms with Gasteiger partial charge in [0, 0.05) is 25.5 Å². The number of aliphatic hydroxyl groups excluding tert-OH is 1. The molecule has 1 heterocycles. The second kappa shape index (κ2) is 6.80. The van der Waals surface area contributed by atoms with Crippen molar-refractivity contribution in [2.75, 3.05) is 6.61 Å². The van der Waals surface area contributed by atoms with Gasteiger partial charge in [0.2, 0.25) is 10.0 Å². The Hall–Kier alpha value is -1.76. The Morgan fingerprint density at radius 3 is 2.52 bits per heavy atom. The monoisotopic (exact) mass is 306 g/mol. The Morgan fingerprint density at radius 1 is 1.19 bits per heavy atom. The highest BCUT2D eigenvalue weighted by molar-refractivity contribution is 7.89. The van der Waals surface area contributed by atoms with Crippen LogP contribution in [-0.4, -0.2) is 25.1 Å². The van der Waals surface area contributed by atoms with Crippen molar-refractivity contribution in [3.63, 3.8) is 0 Å². The van der Waals surface area contributed by atoms with Crippen LogP contribution in [0.5, 0.6) is 0 Å². The average molecular weight is 306 g/mol. The van der Waals surface area contributed by atoms with E-state index in [9.17, 15) is 8.42 Å². The van der Waals surface area contributed by atoms with Gasteiger partial charge in [0.15, 0.2) is 0 Å². The Morgan fingerprint density at radius 2 is 1.90 bits per heavy atom. The lowest BCUT2D eigenvalue weighted by molar-refractivity contribution is 0.299. The zero-order chi connectivity index (χ0) is 15.3. The fraction of sp³-hybridized carbons (Fsp3) is 0.267. The Bertz CT molecular complexity index is 697. The van der Waals surface area contributed by atoms with Crippen molar-refractivity contribution in [1.82, 2.24) is 9.71 Å². The van der Waals surface area contributed by atoms with E-state index in [0.29, 0.717) is 6.42 Å². The molecule has 0 aliphatic rings. The first kappa shape index (κ1) is 15.6. The normalized spacial score (nSPS) is 11.5. The molecular weight excluding hydrogens is 288 g/mol. The lowest BCUT2D eigenvalue weighted by atomic mass is 10.2. The number of aromatic nitrogens is 1. The van der Waals surface area contributed by atoms with E-state index in [1.165, 1.54) is 0 Å². The predicted molar refractivity (Wildman–Crippen MR) is 80.2 cm³/mol. The first-order valence-electron chi connectivity index (χ1n) is 6.62. The molecule has 2 N–H and O–H groups in total. The minimum atomic E-state index is -3.54. The summed E-state index contributed by atoms with van der Waals surface area (Å²) in [6.45, 7) is 2.17. The van der Waals surface area contributed by atoms with Crippen molar-refractivity contribution in [3.05, 3.63) is 59.4 Å². The molecule has 5 nitrogen and oxygen atoms in total. The smallest absolute Gasteiger partial charge is 0.240 e. The first-order valence-corrected chi connectivity index (χ1v) is 8.10. The van der Waals surface area contributed by atoms with Gasteiger partial charge < -0.3 is 5.11 Å². The highest BCUT2D eigenvalue weighted by Gasteiger charge is 2.13. The van der Waals surface area contributed by atoms with E-state index >= 15 is 0 Å². The maximum atomic E-state index is 12.2. The van der Waals surface area contributed by atoms with Gasteiger partial charge in [-0.05, 0) is 48.2 Å². The number of aliphatic hydroxyl groups is 1. The third-order valence-corrected chi connectivity index (χ3v) is 4.64. The van der Waals surface area contributed by atoms with Crippen molar-refractivity contribution in [3.8, 4) is 0 Å². The summed E-state index contributed by atoms with van der Waals surface area (Å²) in [5, 5.41) is 8.85. The molecule has 0 saturated heterocycles. The van der Waals surface area contributed by atoms with E-state index in [1.807, 2.05) is 6.92 Å². The summed E-state index contributed by atoms with van der Waals surface area (Å²) < 4.78 is 27.0. The van der Waals surface area contributed by atoms with Crippen LogP contribution in [0.1, 0.15) is 16.7 Å². The molecule has 2 aromatic rings. The van der Waals surface area contributed by atoms with Crippen LogP contribution in [0.25, 0.3) is 0 Å². The second-order valence-electron chi connectivity index (χ2n) is 4.74. The zero-order valence-electron chi connectivity index (χ0n) is 11.8. The molecule has 0 saturated carbocycles. The summed E-state index contributed by atoms with van der Waals surface area (Å²) in [5.74, 6) is 0. The molecular formula is C15H18N2O3S. The quantitative estimate of drug-likeness (QED) is 0.845. The van der Waals surface area contributed by atoms with E-state index in [1.54, 1.807) is 42.7 Å². The lowest BCUT2D eigenvalue weighted by Gasteiger charge is -2.09. The SMILES string of the molecule is Cc1cnccc1CNS(=O)(=O)c1ccc(CCO)cc1. The van der Waals surface area contributed by atoms with Crippen molar-refractivity contribution in [2.45, 2.75) is 24.8 Å². The molecule has 0 amide bonds. The lowest BCUT2D eigenvalue weighted by Crippen LogP contribution is -2.23. The molecule has 0 fully saturated rings. The number of pyridine rings is 1. The van der Waals surface area contributed by atoms with Gasteiger partial charge in [-0.2, -0.15) is 0 Å². The number of nitrogens with one attached hydrogen (secondary N) is 1. The minimum Gasteiger partial charge on any atom is -0.396 e. The molecule has 0 bridgehead atoms. The second-order valence-corrected chi connectivity index (χ2v) is 6.51. The van der Waals surface area contributed by atoms with Crippen molar-refractivity contribution >= 4 is 10.0 Å². The maximum Gasteiger partial charge on any atom is 0.240 e. The van der Waals surface area contributed by atoms with Crippen LogP contribution in [0.3, 0.4) is 0 Å². The minimum absolute atomic E-state index is 0.0473. The van der Waals surface area contributed by atoms with E-state index in [-0.39, 0.29) is 18.0 Å². The van der Waals surface area contributed by atoms with Crippen LogP contribution in [0, 0.1) is 6.92 Å². The Labute approximate surface area is 124 Å². The van der Waals surface area contributed by atoms with Gasteiger partial charge in [-0.1, -0.05) is 12.1 Å². The van der Waals surface area contributed by atoms with Gasteiger partial charge >= 0.3 is 0 Å². The largest absolute Gasteiger partial charge is 0.396 e. The van der Waals surface area contributed by atoms with Crippen LogP contribution in [0.4, 0.5) is 0 Å². The summed E-state index contributed by atoms with van der Waals surface area (Å²) in [4.78, 5) is 4.20. The molecule has 1 aromatic heterocycles. The van der Waals surface area contributed by atoms with Gasteiger partial charge in [0.05, 0.1) is 4.90 Å². The first-order chi connectivity index (χ1) is 10.0. The predicted octanol–water partition coefficient (Wildman–Crippen LogP) is 1.40. The van der Waals surface area contributed by atoms with Gasteiger partial charge in [0.25, 0.3) is 0 Å². The Kier molecular flexibility index (Phi) is 5.06. The molecule has 0 unspecified atom stereocenters. The van der Waals surface area contributed by atoms with Crippen LogP contribution in [0.15, 0.2) is 47.6 Å². The van der Waals surface area contributed by atoms with Gasteiger partial charge in [-0.3, -0.25) is 4.98 Å². The number of nitrogens with zero attached hydrogens (tertiary/aromatic N) is 1. The summed E-state index contributed by atoms with van der Waals surface area (Å²) in [5.41, 5.74) is 2.74. The molecule has 21 heavy (non-hydrogen) atoms. The molecule has 0 atom stereocenters. The molecule has 112 valence electrons. The third-order valence-electron chi connectivity index (χ3n) is 3.22. The van der Waals surface area contributed by atoms with E-state index in [4.69, 9.17) is 5.11 Å². The number of benzene rings is 1. The number of sulfonamides is 1. The number of aryl methyl sites for hydroxylation is 1. The summed E-state index contributed by atoms with van der Waals surface area (Å²) in [6, 6.07) is 8.31. The van der Waals surface area contributed by atoms with Crippen molar-refractivity contribution in [1.29, 1.82) is 0 Å². The molecule has 0 aliphatic carbocycles. The number of hydrogen-bond acceptors (Lipinski definition) is 4. The van der Waals surface area contributed by atoms with Crippen LogP contribution in [0.2, 0.25) is 0 Å². The molecule has 6 heteroatoms. The molecule has 0 aliphatic heterocycles. The molecule has 0 radical (unpaired) electrons. The summed E-state index contributed by atoms with van der Waals surface area (Å²) in [6.07, 6.45) is 3.86. The van der Waals surface area contributed by atoms with E-state index in [0.717, 1.165) is 16.7 Å². The molecule has 1 aromatic carbocycles. The highest BCUT2D eigenvalue weighted by Crippen LogP contribution is 2.12. The molecule has 2 rings (SSSR count). The third kappa shape index (κ3) is 4.10. The van der Waals surface area contributed by atoms with Crippen molar-refractivity contribution < 1.29 is 13.5 Å². The van der Waals surface area contributed by atoms with E-state index < -0.39 is 10.0 Å². The van der Waals surface area contributed by atoms with Crippen molar-refractivity contribution in [2.24, 2.45) is 0 Å². The molecule has 0 spiro atoms. The van der Waals surface area contributed by atoms with Gasteiger partial charge in [-0.15, -0.1) is 0 Å². The van der Waals surface area contributed by atoms with Crippen LogP contribution >= 0.6 is 0 Å². The highest BCUT2D eigenvalue weighted by atomic mass is 32.2. The summed E-state index contributed by atoms with van der Waals surface area (Å²) in [7, 11) is -3.54. The summed E-state index contributed by atoms with van der Waals surface area (Å²) >= 11 is 0. The number of rotatable bonds is 6. The van der Waals surface area contributed by atoms with Gasteiger partial charge in [0.1, 0.15) is 0 Å². The zero-order valence-corrected chi connectivity index (χ0v) is 12.6. The Balaban J connectivity index is 2.09. The average Bonchev–Trinajstić information content (AvgIpc) is 2.47. The van der Waals surface area contributed by atoms with Crippen LogP contribution < -0.4 is 4.72 Å². The standard InChI is InChI=1S/C15H18N2O3S/c1-12-10-16-8-6-14(12)11-17-21(19,20)15-4-2-13(3-5-15)7-9-18/h2-6,8,10,17-18H,7,9,11H2,1H3. The fourth-order valence-electron chi connectivity index (χ4n) is 1.92. The van der Waals surface area contributed by atoms with Gasteiger partial charge in [-0.25, -0.2) is 13.1 Å². The van der Waals surface area contributed by atoms with Crippen LogP contribution in [-0.2, 0) is 23.0 Å². The fourth-order valence-corrected chi connectivity index (χ4v) is 2.93. The maximum absolute atomic E-state index is 12.2. The van der Waals surface area contributed by atoms with E-state index in [2.05, 4.69) is 9.71 Å². The number of hydrogen-bond donors (Lipinski definition) is 2. The topological polar surface area (TPSA) is 79.3 Å².